The lowest BCUT2D eigenvalue weighted by Gasteiger charge is -2.10. The fourth-order valence-corrected chi connectivity index (χ4v) is 1.87. The summed E-state index contributed by atoms with van der Waals surface area (Å²) in [6.45, 7) is 1.00. The summed E-state index contributed by atoms with van der Waals surface area (Å²) >= 11 is 0. The molecule has 0 aliphatic heterocycles. The number of anilines is 1. The second kappa shape index (κ2) is 6.58. The van der Waals surface area contributed by atoms with Crippen LogP contribution in [0.2, 0.25) is 0 Å². The highest BCUT2D eigenvalue weighted by molar-refractivity contribution is 5.37. The van der Waals surface area contributed by atoms with Crippen molar-refractivity contribution in [1.82, 2.24) is 4.98 Å². The van der Waals surface area contributed by atoms with Crippen molar-refractivity contribution in [3.8, 4) is 0 Å². The van der Waals surface area contributed by atoms with E-state index in [-0.39, 0.29) is 5.82 Å². The van der Waals surface area contributed by atoms with Gasteiger partial charge in [0.2, 0.25) is 0 Å². The Morgan fingerprint density at radius 1 is 1.00 bits per heavy atom. The van der Waals surface area contributed by atoms with Gasteiger partial charge in [-0.1, -0.05) is 30.3 Å². The predicted molar refractivity (Wildman–Crippen MR) is 75.8 cm³/mol. The Hall–Kier alpha value is -2.08. The molecule has 0 saturated heterocycles. The summed E-state index contributed by atoms with van der Waals surface area (Å²) in [6.07, 6.45) is -3.62. The van der Waals surface area contributed by atoms with E-state index in [1.54, 1.807) is 0 Å². The zero-order valence-electron chi connectivity index (χ0n) is 11.3. The van der Waals surface area contributed by atoms with E-state index < -0.39 is 11.9 Å². The lowest BCUT2D eigenvalue weighted by atomic mass is 10.1. The molecule has 0 aliphatic carbocycles. The number of nitrogens with two attached hydrogens (primary N) is 1. The summed E-state index contributed by atoms with van der Waals surface area (Å²) in [4.78, 5) is 3.55. The molecule has 2 aromatic rings. The minimum Gasteiger partial charge on any atom is -0.366 e. The summed E-state index contributed by atoms with van der Waals surface area (Å²) in [7, 11) is 0. The molecule has 0 amide bonds. The van der Waals surface area contributed by atoms with E-state index in [1.807, 2.05) is 24.3 Å². The van der Waals surface area contributed by atoms with Crippen LogP contribution in [0.3, 0.4) is 0 Å². The van der Waals surface area contributed by atoms with Gasteiger partial charge in [-0.05, 0) is 36.2 Å². The number of alkyl halides is 3. The number of hydrogen-bond acceptors (Lipinski definition) is 3. The Morgan fingerprint density at radius 3 is 2.29 bits per heavy atom. The summed E-state index contributed by atoms with van der Waals surface area (Å²) in [5.74, 6) is 0.204. The lowest BCUT2D eigenvalue weighted by molar-refractivity contribution is -0.141. The zero-order valence-corrected chi connectivity index (χ0v) is 11.3. The molecule has 3 N–H and O–H groups in total. The molecule has 0 bridgehead atoms. The summed E-state index contributed by atoms with van der Waals surface area (Å²) in [5, 5.41) is 2.89. The molecular weight excluding hydrogens is 279 g/mol. The highest BCUT2D eigenvalue weighted by atomic mass is 19.4. The molecule has 3 nitrogen and oxygen atoms in total. The highest BCUT2D eigenvalue weighted by Gasteiger charge is 2.32. The molecule has 112 valence electrons. The predicted octanol–water partition coefficient (Wildman–Crippen LogP) is 3.21. The maximum absolute atomic E-state index is 12.5. The number of aromatic nitrogens is 1. The van der Waals surface area contributed by atoms with Crippen molar-refractivity contribution in [3.63, 3.8) is 0 Å². The Bertz CT molecular complexity index is 579. The highest BCUT2D eigenvalue weighted by Crippen LogP contribution is 2.28. The molecule has 0 unspecified atom stereocenters. The molecule has 0 saturated carbocycles. The second-order valence-corrected chi connectivity index (χ2v) is 4.61. The molecule has 21 heavy (non-hydrogen) atoms. The van der Waals surface area contributed by atoms with Crippen LogP contribution >= 0.6 is 0 Å². The van der Waals surface area contributed by atoms with E-state index >= 15 is 0 Å². The Kier molecular flexibility index (Phi) is 4.80. The van der Waals surface area contributed by atoms with Crippen molar-refractivity contribution < 1.29 is 13.2 Å². The fourth-order valence-electron chi connectivity index (χ4n) is 1.87. The number of halogens is 3. The number of nitrogens with one attached hydrogen (secondary N) is 1. The molecule has 0 spiro atoms. The standard InChI is InChI=1S/C15H16F3N3/c16-15(17,18)13-2-1-3-14(21-13)20-10-12-6-4-11(5-7-12)8-9-19/h1-7H,8-10,19H2,(H,20,21). The Labute approximate surface area is 121 Å². The van der Waals surface area contributed by atoms with Crippen LogP contribution in [0.1, 0.15) is 16.8 Å². The van der Waals surface area contributed by atoms with Crippen molar-refractivity contribution >= 4 is 5.82 Å². The minimum atomic E-state index is -4.43. The number of rotatable bonds is 5. The first-order valence-corrected chi connectivity index (χ1v) is 6.55. The summed E-state index contributed by atoms with van der Waals surface area (Å²) in [5.41, 5.74) is 6.68. The van der Waals surface area contributed by atoms with Crippen LogP contribution in [0, 0.1) is 0 Å². The molecule has 1 aromatic heterocycles. The normalized spacial score (nSPS) is 11.4. The van der Waals surface area contributed by atoms with E-state index in [0.29, 0.717) is 13.1 Å². The van der Waals surface area contributed by atoms with Crippen molar-refractivity contribution in [2.24, 2.45) is 5.73 Å². The van der Waals surface area contributed by atoms with E-state index in [2.05, 4.69) is 10.3 Å². The lowest BCUT2D eigenvalue weighted by Crippen LogP contribution is -2.10. The van der Waals surface area contributed by atoms with E-state index in [0.717, 1.165) is 23.6 Å². The van der Waals surface area contributed by atoms with E-state index in [1.165, 1.54) is 12.1 Å². The maximum atomic E-state index is 12.5. The third-order valence-corrected chi connectivity index (χ3v) is 2.97. The van der Waals surface area contributed by atoms with Crippen molar-refractivity contribution in [3.05, 3.63) is 59.3 Å². The smallest absolute Gasteiger partial charge is 0.366 e. The Balaban J connectivity index is 1.99. The van der Waals surface area contributed by atoms with E-state index in [4.69, 9.17) is 5.73 Å². The molecule has 0 fully saturated rings. The van der Waals surface area contributed by atoms with Crippen LogP contribution in [0.25, 0.3) is 0 Å². The monoisotopic (exact) mass is 295 g/mol. The van der Waals surface area contributed by atoms with Gasteiger partial charge >= 0.3 is 6.18 Å². The third kappa shape index (κ3) is 4.46. The molecule has 6 heteroatoms. The number of pyridine rings is 1. The summed E-state index contributed by atoms with van der Waals surface area (Å²) < 4.78 is 37.6. The van der Waals surface area contributed by atoms with Crippen molar-refractivity contribution in [2.75, 3.05) is 11.9 Å². The number of benzene rings is 1. The quantitative estimate of drug-likeness (QED) is 0.890. The van der Waals surface area contributed by atoms with Crippen LogP contribution in [-0.4, -0.2) is 11.5 Å². The second-order valence-electron chi connectivity index (χ2n) is 4.61. The molecule has 1 aromatic carbocycles. The topological polar surface area (TPSA) is 50.9 Å². The van der Waals surface area contributed by atoms with E-state index in [9.17, 15) is 13.2 Å². The summed E-state index contributed by atoms with van der Waals surface area (Å²) in [6, 6.07) is 11.6. The molecule has 0 atom stereocenters. The van der Waals surface area contributed by atoms with Gasteiger partial charge in [-0.3, -0.25) is 0 Å². The van der Waals surface area contributed by atoms with Gasteiger partial charge in [0.25, 0.3) is 0 Å². The van der Waals surface area contributed by atoms with Gasteiger partial charge in [0.1, 0.15) is 11.5 Å². The van der Waals surface area contributed by atoms with Gasteiger partial charge in [0.05, 0.1) is 0 Å². The van der Waals surface area contributed by atoms with Crippen LogP contribution in [0.15, 0.2) is 42.5 Å². The molecular formula is C15H16F3N3. The molecule has 1 heterocycles. The molecule has 2 rings (SSSR count). The van der Waals surface area contributed by atoms with Crippen LogP contribution in [0.4, 0.5) is 19.0 Å². The SMILES string of the molecule is NCCc1ccc(CNc2cccc(C(F)(F)F)n2)cc1. The van der Waals surface area contributed by atoms with Gasteiger partial charge < -0.3 is 11.1 Å². The first-order valence-electron chi connectivity index (χ1n) is 6.55. The van der Waals surface area contributed by atoms with Gasteiger partial charge in [-0.15, -0.1) is 0 Å². The molecule has 0 radical (unpaired) electrons. The average Bonchev–Trinajstić information content (AvgIpc) is 2.46. The molecule has 0 aliphatic rings. The minimum absolute atomic E-state index is 0.204. The van der Waals surface area contributed by atoms with Crippen LogP contribution < -0.4 is 11.1 Å². The number of hydrogen-bond donors (Lipinski definition) is 2. The zero-order chi connectivity index (χ0) is 15.3. The Morgan fingerprint density at radius 2 is 1.67 bits per heavy atom. The first-order chi connectivity index (χ1) is 9.99. The third-order valence-electron chi connectivity index (χ3n) is 2.97. The average molecular weight is 295 g/mol. The van der Waals surface area contributed by atoms with Gasteiger partial charge in [0, 0.05) is 6.54 Å². The van der Waals surface area contributed by atoms with Gasteiger partial charge in [0.15, 0.2) is 0 Å². The maximum Gasteiger partial charge on any atom is 0.433 e. The van der Waals surface area contributed by atoms with Crippen molar-refractivity contribution in [1.29, 1.82) is 0 Å². The van der Waals surface area contributed by atoms with Crippen LogP contribution in [0.5, 0.6) is 0 Å². The largest absolute Gasteiger partial charge is 0.433 e. The number of nitrogens with zero attached hydrogens (tertiary/aromatic N) is 1. The van der Waals surface area contributed by atoms with Gasteiger partial charge in [-0.2, -0.15) is 13.2 Å². The first kappa shape index (κ1) is 15.3. The van der Waals surface area contributed by atoms with Crippen molar-refractivity contribution in [2.45, 2.75) is 19.1 Å². The fraction of sp³-hybridized carbons (Fsp3) is 0.267. The van der Waals surface area contributed by atoms with Gasteiger partial charge in [-0.25, -0.2) is 4.98 Å². The van der Waals surface area contributed by atoms with Crippen LogP contribution in [-0.2, 0) is 19.1 Å².